The van der Waals surface area contributed by atoms with Crippen molar-refractivity contribution in [3.63, 3.8) is 0 Å². The summed E-state index contributed by atoms with van der Waals surface area (Å²) in [5.41, 5.74) is 0. The maximum atomic E-state index is 11.3. The van der Waals surface area contributed by atoms with Crippen LogP contribution < -0.4 is 0 Å². The van der Waals surface area contributed by atoms with Gasteiger partial charge in [0.05, 0.1) is 0 Å². The zero-order chi connectivity index (χ0) is 12.4. The number of carbonyl (C=O) groups is 1. The molecule has 0 amide bonds. The van der Waals surface area contributed by atoms with Gasteiger partial charge in [0, 0.05) is 0 Å². The average molecular weight is 251 g/mol. The van der Waals surface area contributed by atoms with E-state index in [1.165, 1.54) is 0 Å². The van der Waals surface area contributed by atoms with Crippen molar-refractivity contribution in [2.75, 3.05) is 0 Å². The van der Waals surface area contributed by atoms with Gasteiger partial charge in [-0.1, -0.05) is 34.6 Å². The molecule has 0 heterocycles. The van der Waals surface area contributed by atoms with Crippen LogP contribution in [0.4, 0.5) is 0 Å². The number of hydrogen-bond acceptors (Lipinski definition) is 2. The summed E-state index contributed by atoms with van der Waals surface area (Å²) < 4.78 is 5.98. The third-order valence-electron chi connectivity index (χ3n) is 3.06. The first-order chi connectivity index (χ1) is 6.49. The molecule has 0 aliphatic heterocycles. The Kier molecular flexibility index (Phi) is 5.02. The molecular weight excluding hydrogens is 228 g/mol. The molecule has 0 saturated carbocycles. The molecule has 0 bridgehead atoms. The van der Waals surface area contributed by atoms with Gasteiger partial charge in [0.25, 0.3) is 0 Å². The van der Waals surface area contributed by atoms with E-state index in [9.17, 15) is 4.79 Å². The Morgan fingerprint density at radius 2 is 1.67 bits per heavy atom. The van der Waals surface area contributed by atoms with Crippen molar-refractivity contribution in [1.29, 1.82) is 0 Å². The highest BCUT2D eigenvalue weighted by Crippen LogP contribution is 2.38. The van der Waals surface area contributed by atoms with Crippen molar-refractivity contribution in [3.05, 3.63) is 0 Å². The van der Waals surface area contributed by atoms with Gasteiger partial charge in [-0.3, -0.25) is 4.79 Å². The molecule has 1 atom stereocenters. The minimum Gasteiger partial charge on any atom is -0.405 e. The number of halogens is 1. The molecular formula is C11H23ClO2Si. The monoisotopic (exact) mass is 250 g/mol. The lowest BCUT2D eigenvalue weighted by Crippen LogP contribution is -2.46. The molecule has 0 aromatic rings. The Morgan fingerprint density at radius 1 is 1.27 bits per heavy atom. The van der Waals surface area contributed by atoms with Gasteiger partial charge in [-0.15, -0.1) is 0 Å². The van der Waals surface area contributed by atoms with Crippen LogP contribution in [0.2, 0.25) is 18.1 Å². The van der Waals surface area contributed by atoms with E-state index in [1.807, 2.05) is 13.8 Å². The smallest absolute Gasteiger partial charge is 0.249 e. The quantitative estimate of drug-likeness (QED) is 0.561. The molecule has 0 rings (SSSR count). The fraction of sp³-hybridized carbons (Fsp3) is 0.909. The standard InChI is InChI=1S/C11H23ClO2Si/c1-8(2)9(10(12)13)14-15(6,7)11(3,4)5/h8-9H,1-7H3/t9-/m1/s1. The molecule has 0 aliphatic carbocycles. The minimum atomic E-state index is -1.90. The molecule has 0 N–H and O–H groups in total. The lowest BCUT2D eigenvalue weighted by Gasteiger charge is -2.39. The Bertz CT molecular complexity index is 231. The van der Waals surface area contributed by atoms with E-state index in [2.05, 4.69) is 33.9 Å². The fourth-order valence-electron chi connectivity index (χ4n) is 0.939. The van der Waals surface area contributed by atoms with Crippen LogP contribution in [0.5, 0.6) is 0 Å². The van der Waals surface area contributed by atoms with Crippen LogP contribution in [0.15, 0.2) is 0 Å². The number of rotatable bonds is 4. The van der Waals surface area contributed by atoms with E-state index < -0.39 is 14.4 Å². The summed E-state index contributed by atoms with van der Waals surface area (Å²) in [6.45, 7) is 14.6. The van der Waals surface area contributed by atoms with Gasteiger partial charge in [-0.2, -0.15) is 0 Å². The van der Waals surface area contributed by atoms with Crippen molar-refractivity contribution in [2.45, 2.75) is 58.9 Å². The predicted octanol–water partition coefficient (Wildman–Crippen LogP) is 3.80. The molecule has 2 nitrogen and oxygen atoms in total. The van der Waals surface area contributed by atoms with Gasteiger partial charge in [0.15, 0.2) is 8.32 Å². The zero-order valence-electron chi connectivity index (χ0n) is 10.8. The van der Waals surface area contributed by atoms with Crippen LogP contribution in [-0.2, 0) is 9.22 Å². The van der Waals surface area contributed by atoms with Gasteiger partial charge in [-0.25, -0.2) is 0 Å². The van der Waals surface area contributed by atoms with Crippen LogP contribution in [0, 0.1) is 5.92 Å². The van der Waals surface area contributed by atoms with Crippen molar-refractivity contribution in [1.82, 2.24) is 0 Å². The van der Waals surface area contributed by atoms with Gasteiger partial charge in [0.2, 0.25) is 5.24 Å². The van der Waals surface area contributed by atoms with E-state index in [0.29, 0.717) is 0 Å². The lowest BCUT2D eigenvalue weighted by molar-refractivity contribution is -0.120. The predicted molar refractivity (Wildman–Crippen MR) is 67.8 cm³/mol. The van der Waals surface area contributed by atoms with Crippen LogP contribution in [-0.4, -0.2) is 19.7 Å². The number of carbonyl (C=O) groups excluding carboxylic acids is 1. The minimum absolute atomic E-state index is 0.104. The summed E-state index contributed by atoms with van der Waals surface area (Å²) in [6, 6.07) is 0. The topological polar surface area (TPSA) is 26.3 Å². The summed E-state index contributed by atoms with van der Waals surface area (Å²) in [5.74, 6) is 0.129. The Balaban J connectivity index is 4.75. The van der Waals surface area contributed by atoms with Gasteiger partial charge in [0.1, 0.15) is 6.10 Å². The van der Waals surface area contributed by atoms with Crippen molar-refractivity contribution in [3.8, 4) is 0 Å². The zero-order valence-corrected chi connectivity index (χ0v) is 12.6. The molecule has 15 heavy (non-hydrogen) atoms. The highest BCUT2D eigenvalue weighted by atomic mass is 35.5. The molecule has 0 saturated heterocycles. The first-order valence-electron chi connectivity index (χ1n) is 5.36. The fourth-order valence-corrected chi connectivity index (χ4v) is 2.68. The second-order valence-electron chi connectivity index (χ2n) is 5.85. The molecule has 90 valence electrons. The van der Waals surface area contributed by atoms with E-state index in [-0.39, 0.29) is 16.2 Å². The summed E-state index contributed by atoms with van der Waals surface area (Å²) in [7, 11) is -1.90. The lowest BCUT2D eigenvalue weighted by atomic mass is 10.1. The van der Waals surface area contributed by atoms with E-state index in [4.69, 9.17) is 16.0 Å². The highest BCUT2D eigenvalue weighted by molar-refractivity contribution is 6.75. The molecule has 0 aliphatic rings. The highest BCUT2D eigenvalue weighted by Gasteiger charge is 2.41. The Labute approximate surface area is 99.5 Å². The summed E-state index contributed by atoms with van der Waals surface area (Å²) in [6.07, 6.45) is -0.465. The van der Waals surface area contributed by atoms with E-state index in [1.54, 1.807) is 0 Å². The van der Waals surface area contributed by atoms with Crippen LogP contribution in [0.1, 0.15) is 34.6 Å². The normalized spacial score (nSPS) is 15.5. The van der Waals surface area contributed by atoms with E-state index in [0.717, 1.165) is 0 Å². The number of hydrogen-bond donors (Lipinski definition) is 0. The SMILES string of the molecule is CC(C)[C@@H](O[Si](C)(C)C(C)(C)C)C(=O)Cl. The summed E-state index contributed by atoms with van der Waals surface area (Å²) >= 11 is 5.55. The van der Waals surface area contributed by atoms with Crippen LogP contribution in [0.3, 0.4) is 0 Å². The van der Waals surface area contributed by atoms with Gasteiger partial charge >= 0.3 is 0 Å². The third-order valence-corrected chi connectivity index (χ3v) is 7.73. The molecule has 0 fully saturated rings. The van der Waals surface area contributed by atoms with Crippen LogP contribution in [0.25, 0.3) is 0 Å². The van der Waals surface area contributed by atoms with Crippen LogP contribution >= 0.6 is 11.6 Å². The van der Waals surface area contributed by atoms with Gasteiger partial charge < -0.3 is 4.43 Å². The molecule has 4 heteroatoms. The summed E-state index contributed by atoms with van der Waals surface area (Å²) in [4.78, 5) is 11.3. The van der Waals surface area contributed by atoms with Gasteiger partial charge in [-0.05, 0) is 35.7 Å². The third kappa shape index (κ3) is 4.25. The van der Waals surface area contributed by atoms with Crippen molar-refractivity contribution < 1.29 is 9.22 Å². The second kappa shape index (κ2) is 4.98. The molecule has 0 spiro atoms. The van der Waals surface area contributed by atoms with Crippen molar-refractivity contribution >= 4 is 25.2 Å². The molecule has 0 unspecified atom stereocenters. The molecule has 0 aromatic heterocycles. The Hall–Kier alpha value is 0.137. The largest absolute Gasteiger partial charge is 0.405 e. The average Bonchev–Trinajstić information content (AvgIpc) is 1.96. The van der Waals surface area contributed by atoms with Crippen molar-refractivity contribution in [2.24, 2.45) is 5.92 Å². The first kappa shape index (κ1) is 15.1. The maximum Gasteiger partial charge on any atom is 0.249 e. The Morgan fingerprint density at radius 3 is 1.87 bits per heavy atom. The molecule has 0 aromatic carbocycles. The molecule has 0 radical (unpaired) electrons. The van der Waals surface area contributed by atoms with E-state index >= 15 is 0 Å². The first-order valence-corrected chi connectivity index (χ1v) is 8.65. The maximum absolute atomic E-state index is 11.3. The summed E-state index contributed by atoms with van der Waals surface area (Å²) in [5, 5.41) is -0.276. The second-order valence-corrected chi connectivity index (χ2v) is 11.0.